The lowest BCUT2D eigenvalue weighted by Crippen LogP contribution is -2.30. The van der Waals surface area contributed by atoms with E-state index in [0.29, 0.717) is 18.2 Å². The number of halogens is 3. The Morgan fingerprint density at radius 3 is 2.63 bits per heavy atom. The van der Waals surface area contributed by atoms with E-state index in [2.05, 4.69) is 10.1 Å². The number of aryl methyl sites for hydroxylation is 1. The third kappa shape index (κ3) is 4.49. The number of alkyl halides is 3. The van der Waals surface area contributed by atoms with Crippen LogP contribution in [0.3, 0.4) is 0 Å². The number of nitrogens with zero attached hydrogens (tertiary/aromatic N) is 2. The summed E-state index contributed by atoms with van der Waals surface area (Å²) in [5, 5.41) is 3.56. The van der Waals surface area contributed by atoms with Crippen LogP contribution in [0, 0.1) is 5.92 Å². The summed E-state index contributed by atoms with van der Waals surface area (Å²) in [4.78, 5) is 3.97. The van der Waals surface area contributed by atoms with Crippen molar-refractivity contribution < 1.29 is 17.7 Å². The molecule has 0 bridgehead atoms. The van der Waals surface area contributed by atoms with Gasteiger partial charge in [-0.25, -0.2) is 0 Å². The summed E-state index contributed by atoms with van der Waals surface area (Å²) in [6.07, 6.45) is -0.318. The smallest absolute Gasteiger partial charge is 0.339 e. The minimum atomic E-state index is -4.19. The normalized spacial score (nSPS) is 18.9. The van der Waals surface area contributed by atoms with Crippen LogP contribution in [0.2, 0.25) is 0 Å². The maximum absolute atomic E-state index is 12.1. The fourth-order valence-electron chi connectivity index (χ4n) is 2.48. The molecule has 1 unspecified atom stereocenters. The van der Waals surface area contributed by atoms with Gasteiger partial charge in [0.2, 0.25) is 5.89 Å². The molecule has 7 heteroatoms. The fourth-order valence-corrected chi connectivity index (χ4v) is 2.48. The van der Waals surface area contributed by atoms with Crippen molar-refractivity contribution in [3.05, 3.63) is 11.7 Å². The Hall–Kier alpha value is -1.11. The predicted octanol–water partition coefficient (Wildman–Crippen LogP) is 2.62. The first-order chi connectivity index (χ1) is 8.94. The van der Waals surface area contributed by atoms with E-state index in [-0.39, 0.29) is 18.3 Å². The second-order valence-corrected chi connectivity index (χ2v) is 5.13. The summed E-state index contributed by atoms with van der Waals surface area (Å²) in [5.41, 5.74) is 6.06. The zero-order chi connectivity index (χ0) is 13.9. The second-order valence-electron chi connectivity index (χ2n) is 5.13. The summed E-state index contributed by atoms with van der Waals surface area (Å²) >= 11 is 0. The van der Waals surface area contributed by atoms with Gasteiger partial charge in [0.1, 0.15) is 0 Å². The van der Waals surface area contributed by atoms with Crippen molar-refractivity contribution >= 4 is 0 Å². The lowest BCUT2D eigenvalue weighted by atomic mass is 9.96. The highest BCUT2D eigenvalue weighted by molar-refractivity contribution is 4.92. The number of nitrogens with two attached hydrogens (primary N) is 1. The highest BCUT2D eigenvalue weighted by Gasteiger charge is 2.28. The Bertz CT molecular complexity index is 399. The number of hydrogen-bond acceptors (Lipinski definition) is 4. The summed E-state index contributed by atoms with van der Waals surface area (Å²) in [6.45, 7) is 0. The van der Waals surface area contributed by atoms with Crippen LogP contribution in [0.4, 0.5) is 13.2 Å². The quantitative estimate of drug-likeness (QED) is 0.898. The van der Waals surface area contributed by atoms with E-state index in [4.69, 9.17) is 10.3 Å². The van der Waals surface area contributed by atoms with Gasteiger partial charge in [-0.05, 0) is 18.8 Å². The van der Waals surface area contributed by atoms with Gasteiger partial charge in [0.15, 0.2) is 5.82 Å². The van der Waals surface area contributed by atoms with E-state index in [1.165, 1.54) is 12.8 Å². The maximum Gasteiger partial charge on any atom is 0.389 e. The van der Waals surface area contributed by atoms with Gasteiger partial charge in [-0.2, -0.15) is 18.2 Å². The SMILES string of the molecule is NC(Cc1nc(CCC(F)(F)F)no1)C1CCCC1. The molecule has 1 saturated carbocycles. The van der Waals surface area contributed by atoms with Crippen molar-refractivity contribution in [2.45, 2.75) is 57.2 Å². The molecule has 0 aliphatic heterocycles. The summed E-state index contributed by atoms with van der Waals surface area (Å²) in [7, 11) is 0. The minimum absolute atomic E-state index is 0.0431. The van der Waals surface area contributed by atoms with Gasteiger partial charge in [-0.3, -0.25) is 0 Å². The van der Waals surface area contributed by atoms with Crippen LogP contribution < -0.4 is 5.73 Å². The fraction of sp³-hybridized carbons (Fsp3) is 0.833. The number of rotatable bonds is 5. The molecule has 0 amide bonds. The standard InChI is InChI=1S/C12H18F3N3O/c13-12(14,15)6-5-10-17-11(19-18-10)7-9(16)8-3-1-2-4-8/h8-9H,1-7,16H2. The molecule has 1 heterocycles. The van der Waals surface area contributed by atoms with E-state index in [1.54, 1.807) is 0 Å². The summed E-state index contributed by atoms with van der Waals surface area (Å²) in [5.74, 6) is 0.910. The van der Waals surface area contributed by atoms with Gasteiger partial charge in [0.25, 0.3) is 0 Å². The zero-order valence-corrected chi connectivity index (χ0v) is 10.6. The Kier molecular flexibility index (Phi) is 4.44. The van der Waals surface area contributed by atoms with Crippen LogP contribution >= 0.6 is 0 Å². The first-order valence-electron chi connectivity index (χ1n) is 6.58. The summed E-state index contributed by atoms with van der Waals surface area (Å²) in [6, 6.07) is -0.0431. The van der Waals surface area contributed by atoms with Gasteiger partial charge in [0.05, 0.1) is 6.42 Å². The molecule has 1 aliphatic carbocycles. The first kappa shape index (κ1) is 14.3. The highest BCUT2D eigenvalue weighted by Crippen LogP contribution is 2.28. The van der Waals surface area contributed by atoms with Gasteiger partial charge < -0.3 is 10.3 Å². The van der Waals surface area contributed by atoms with Crippen molar-refractivity contribution in [1.29, 1.82) is 0 Å². The summed E-state index contributed by atoms with van der Waals surface area (Å²) < 4.78 is 41.1. The molecule has 0 spiro atoms. The predicted molar refractivity (Wildman–Crippen MR) is 62.3 cm³/mol. The average molecular weight is 277 g/mol. The molecule has 1 atom stereocenters. The molecular formula is C12H18F3N3O. The van der Waals surface area contributed by atoms with E-state index < -0.39 is 12.6 Å². The maximum atomic E-state index is 12.1. The first-order valence-corrected chi connectivity index (χ1v) is 6.58. The van der Waals surface area contributed by atoms with Crippen LogP contribution in [-0.2, 0) is 12.8 Å². The molecule has 0 aromatic carbocycles. The molecule has 1 fully saturated rings. The van der Waals surface area contributed by atoms with Crippen molar-refractivity contribution in [1.82, 2.24) is 10.1 Å². The van der Waals surface area contributed by atoms with Crippen molar-refractivity contribution in [2.24, 2.45) is 11.7 Å². The molecule has 0 saturated heterocycles. The minimum Gasteiger partial charge on any atom is -0.339 e. The molecular weight excluding hydrogens is 259 g/mol. The molecule has 19 heavy (non-hydrogen) atoms. The Morgan fingerprint density at radius 1 is 1.32 bits per heavy atom. The second kappa shape index (κ2) is 5.90. The van der Waals surface area contributed by atoms with Crippen molar-refractivity contribution in [3.63, 3.8) is 0 Å². The molecule has 4 nitrogen and oxygen atoms in total. The Balaban J connectivity index is 1.83. The molecule has 0 radical (unpaired) electrons. The average Bonchev–Trinajstić information content (AvgIpc) is 2.96. The van der Waals surface area contributed by atoms with Gasteiger partial charge in [-0.1, -0.05) is 18.0 Å². The molecule has 2 N–H and O–H groups in total. The van der Waals surface area contributed by atoms with E-state index >= 15 is 0 Å². The number of aromatic nitrogens is 2. The van der Waals surface area contributed by atoms with Crippen LogP contribution in [0.1, 0.15) is 43.8 Å². The Morgan fingerprint density at radius 2 is 2.00 bits per heavy atom. The third-order valence-electron chi connectivity index (χ3n) is 3.56. The van der Waals surface area contributed by atoms with Crippen LogP contribution in [0.25, 0.3) is 0 Å². The zero-order valence-electron chi connectivity index (χ0n) is 10.6. The molecule has 108 valence electrons. The van der Waals surface area contributed by atoms with Gasteiger partial charge in [-0.15, -0.1) is 0 Å². The van der Waals surface area contributed by atoms with Crippen molar-refractivity contribution in [2.75, 3.05) is 0 Å². The molecule has 1 aromatic rings. The van der Waals surface area contributed by atoms with Crippen LogP contribution in [-0.4, -0.2) is 22.4 Å². The van der Waals surface area contributed by atoms with E-state index in [0.717, 1.165) is 12.8 Å². The molecule has 1 aromatic heterocycles. The van der Waals surface area contributed by atoms with E-state index in [9.17, 15) is 13.2 Å². The van der Waals surface area contributed by atoms with Gasteiger partial charge >= 0.3 is 6.18 Å². The van der Waals surface area contributed by atoms with Crippen molar-refractivity contribution in [3.8, 4) is 0 Å². The van der Waals surface area contributed by atoms with Crippen LogP contribution in [0.5, 0.6) is 0 Å². The molecule has 2 rings (SSSR count). The lowest BCUT2D eigenvalue weighted by molar-refractivity contribution is -0.134. The Labute approximate surface area is 109 Å². The number of hydrogen-bond donors (Lipinski definition) is 1. The van der Waals surface area contributed by atoms with Gasteiger partial charge in [0, 0.05) is 18.9 Å². The molecule has 1 aliphatic rings. The largest absolute Gasteiger partial charge is 0.389 e. The lowest BCUT2D eigenvalue weighted by Gasteiger charge is -2.16. The third-order valence-corrected chi connectivity index (χ3v) is 3.56. The monoisotopic (exact) mass is 277 g/mol. The van der Waals surface area contributed by atoms with Crippen LogP contribution in [0.15, 0.2) is 4.52 Å². The van der Waals surface area contributed by atoms with E-state index in [1.807, 2.05) is 0 Å². The highest BCUT2D eigenvalue weighted by atomic mass is 19.4. The topological polar surface area (TPSA) is 64.9 Å².